The molecule has 0 bridgehead atoms. The van der Waals surface area contributed by atoms with E-state index >= 15 is 0 Å². The minimum absolute atomic E-state index is 0. The van der Waals surface area contributed by atoms with Crippen molar-refractivity contribution in [1.82, 2.24) is 19.5 Å². The van der Waals surface area contributed by atoms with Gasteiger partial charge in [0.2, 0.25) is 5.95 Å². The summed E-state index contributed by atoms with van der Waals surface area (Å²) in [6.45, 7) is -1.72. The van der Waals surface area contributed by atoms with E-state index in [-0.39, 0.29) is 76.2 Å². The summed E-state index contributed by atoms with van der Waals surface area (Å²) in [6, 6.07) is 0. The molecule has 4 heterocycles. The van der Waals surface area contributed by atoms with Gasteiger partial charge >= 0.3 is 59.1 Å². The molecule has 0 spiro atoms. The first-order chi connectivity index (χ1) is 19.1. The summed E-state index contributed by atoms with van der Waals surface area (Å²) in [5.74, 6) is -0.297. The molecular formula is C16H22N8Na2O15P2. The first kappa shape index (κ1) is 38.6. The molecule has 0 aliphatic carbocycles. The number of azide groups is 1. The van der Waals surface area contributed by atoms with Crippen LogP contribution in [0.25, 0.3) is 21.6 Å². The van der Waals surface area contributed by atoms with Crippen molar-refractivity contribution in [2.75, 3.05) is 18.9 Å². The maximum absolute atomic E-state index is 12.2. The van der Waals surface area contributed by atoms with E-state index in [1.807, 2.05) is 0 Å². The average Bonchev–Trinajstić information content (AvgIpc) is 3.42. The second-order valence-electron chi connectivity index (χ2n) is 8.63. The van der Waals surface area contributed by atoms with Gasteiger partial charge in [0.1, 0.15) is 36.6 Å². The normalized spacial score (nSPS) is 33.4. The Balaban J connectivity index is 0.00000323. The van der Waals surface area contributed by atoms with Crippen LogP contribution in [-0.2, 0) is 32.0 Å². The topological polar surface area (TPSA) is 366 Å². The van der Waals surface area contributed by atoms with E-state index < -0.39 is 89.6 Å². The number of aliphatic hydroxyl groups is 5. The van der Waals surface area contributed by atoms with Gasteiger partial charge in [0.15, 0.2) is 23.7 Å². The molecule has 2 fully saturated rings. The molecule has 2 aromatic heterocycles. The maximum Gasteiger partial charge on any atom is 1.00 e. The third-order valence-electron chi connectivity index (χ3n) is 5.89. The van der Waals surface area contributed by atoms with Crippen LogP contribution >= 0.6 is 15.6 Å². The monoisotopic (exact) mass is 674 g/mol. The molecule has 2 saturated heterocycles. The zero-order chi connectivity index (χ0) is 30.3. The summed E-state index contributed by atoms with van der Waals surface area (Å²) in [6.07, 6.45) is -15.5. The van der Waals surface area contributed by atoms with E-state index in [1.54, 1.807) is 0 Å². The Bertz CT molecular complexity index is 1480. The first-order valence-electron chi connectivity index (χ1n) is 11.2. The van der Waals surface area contributed by atoms with Crippen molar-refractivity contribution < 1.29 is 126 Å². The molecule has 8 N–H and O–H groups in total. The van der Waals surface area contributed by atoms with Crippen molar-refractivity contribution in [3.05, 3.63) is 27.1 Å². The molecule has 11 atom stereocenters. The number of nitrogens with one attached hydrogen (secondary N) is 1. The Labute approximate surface area is 283 Å². The van der Waals surface area contributed by atoms with E-state index in [4.69, 9.17) is 20.7 Å². The third kappa shape index (κ3) is 8.83. The number of hydrogen-bond acceptors (Lipinski definition) is 19. The number of nitrogen functional groups attached to an aromatic ring is 1. The van der Waals surface area contributed by atoms with Crippen LogP contribution in [0.2, 0.25) is 0 Å². The largest absolute Gasteiger partial charge is 1.00 e. The zero-order valence-corrected chi connectivity index (χ0v) is 28.0. The quantitative estimate of drug-likeness (QED) is 0.0404. The Kier molecular flexibility index (Phi) is 13.8. The van der Waals surface area contributed by atoms with Crippen LogP contribution in [0, 0.1) is 0 Å². The van der Waals surface area contributed by atoms with E-state index in [1.165, 1.54) is 0 Å². The summed E-state index contributed by atoms with van der Waals surface area (Å²) in [7, 11) is -11.8. The molecular weight excluding hydrogens is 652 g/mol. The standard InChI is InChI=1S/C16H24N8O15P2.2Na/c17-16-21-12-6(13(30)22-16)19-3-24(12)14-10(28)8(26)5(36-14)2-35-40(31,32)39-41(33,34)38-15-11(29)9(27)7(25)4(37-15)1-20-23-18;;/h3-5,7-11,14-15,25-29H,1-2H2,(H,31,32)(H,33,34)(H3,17,21,22,30);;/q;2*+1/p-2. The second kappa shape index (κ2) is 15.4. The summed E-state index contributed by atoms with van der Waals surface area (Å²) >= 11 is 0. The zero-order valence-electron chi connectivity index (χ0n) is 22.2. The number of phosphoric acid groups is 2. The molecule has 2 aliphatic rings. The number of aliphatic hydroxyl groups excluding tert-OH is 5. The number of rotatable bonds is 10. The minimum atomic E-state index is -5.95. The van der Waals surface area contributed by atoms with Crippen molar-refractivity contribution in [2.24, 2.45) is 5.11 Å². The Hall–Kier alpha value is -0.560. The van der Waals surface area contributed by atoms with Gasteiger partial charge in [-0.05, 0) is 5.53 Å². The van der Waals surface area contributed by atoms with Gasteiger partial charge in [-0.2, -0.15) is 4.98 Å². The predicted octanol–water partition coefficient (Wildman–Crippen LogP) is -10.6. The molecule has 27 heteroatoms. The Morgan fingerprint density at radius 3 is 2.37 bits per heavy atom. The molecule has 23 nitrogen and oxygen atoms in total. The average molecular weight is 674 g/mol. The van der Waals surface area contributed by atoms with Gasteiger partial charge in [0, 0.05) is 4.91 Å². The van der Waals surface area contributed by atoms with E-state index in [2.05, 4.69) is 38.3 Å². The minimum Gasteiger partial charge on any atom is -0.756 e. The van der Waals surface area contributed by atoms with Gasteiger partial charge in [-0.15, -0.1) is 0 Å². The molecule has 4 rings (SSSR count). The van der Waals surface area contributed by atoms with Crippen molar-refractivity contribution in [3.8, 4) is 0 Å². The van der Waals surface area contributed by atoms with Crippen LogP contribution in [-0.4, -0.2) is 107 Å². The van der Waals surface area contributed by atoms with Gasteiger partial charge in [-0.3, -0.25) is 28.0 Å². The fourth-order valence-corrected chi connectivity index (χ4v) is 6.04. The molecule has 11 unspecified atom stereocenters. The number of ether oxygens (including phenoxy) is 2. The van der Waals surface area contributed by atoms with Crippen molar-refractivity contribution in [1.29, 1.82) is 0 Å². The van der Waals surface area contributed by atoms with Crippen LogP contribution in [0.1, 0.15) is 6.23 Å². The molecule has 0 radical (unpaired) electrons. The number of imidazole rings is 1. The molecule has 0 saturated carbocycles. The van der Waals surface area contributed by atoms with E-state index in [0.717, 1.165) is 10.9 Å². The van der Waals surface area contributed by atoms with Crippen LogP contribution in [0.15, 0.2) is 16.2 Å². The SMILES string of the molecule is [N-]=[N+]=NCC1OC(OP(=O)([O-])OP(=O)([O-])OCC2OC(n3cnc4c(=O)[nH]c(N)nc43)C(O)C2O)C(O)C(O)C1O.[Na+].[Na+]. The van der Waals surface area contributed by atoms with E-state index in [0.29, 0.717) is 0 Å². The van der Waals surface area contributed by atoms with Crippen molar-refractivity contribution in [3.63, 3.8) is 0 Å². The van der Waals surface area contributed by atoms with Crippen LogP contribution in [0.4, 0.5) is 5.95 Å². The van der Waals surface area contributed by atoms with Gasteiger partial charge in [0.25, 0.3) is 21.2 Å². The summed E-state index contributed by atoms with van der Waals surface area (Å²) in [5, 5.41) is 53.5. The molecule has 2 aromatic rings. The van der Waals surface area contributed by atoms with Gasteiger partial charge < -0.3 is 55.1 Å². The Morgan fingerprint density at radius 1 is 1.07 bits per heavy atom. The summed E-state index contributed by atoms with van der Waals surface area (Å²) in [5.41, 5.74) is 12.9. The van der Waals surface area contributed by atoms with Gasteiger partial charge in [-0.25, -0.2) is 9.29 Å². The molecule has 0 aromatic carbocycles. The molecule has 43 heavy (non-hydrogen) atoms. The summed E-state index contributed by atoms with van der Waals surface area (Å²) < 4.78 is 48.5. The maximum atomic E-state index is 12.2. The van der Waals surface area contributed by atoms with Crippen molar-refractivity contribution >= 4 is 32.8 Å². The fourth-order valence-electron chi connectivity index (χ4n) is 3.95. The van der Waals surface area contributed by atoms with Crippen LogP contribution in [0.3, 0.4) is 0 Å². The molecule has 228 valence electrons. The smallest absolute Gasteiger partial charge is 0.756 e. The molecule has 2 aliphatic heterocycles. The second-order valence-corrected chi connectivity index (χ2v) is 11.5. The number of fused-ring (bicyclic) bond motifs is 1. The van der Waals surface area contributed by atoms with E-state index in [9.17, 15) is 49.2 Å². The third-order valence-corrected chi connectivity index (χ3v) is 8.42. The first-order valence-corrected chi connectivity index (χ1v) is 14.2. The number of hydrogen-bond donors (Lipinski definition) is 7. The number of nitrogens with two attached hydrogens (primary N) is 1. The predicted molar refractivity (Wildman–Crippen MR) is 123 cm³/mol. The number of aromatic nitrogens is 4. The van der Waals surface area contributed by atoms with Gasteiger partial charge in [-0.1, -0.05) is 5.11 Å². The number of nitrogens with zero attached hydrogens (tertiary/aromatic N) is 6. The summed E-state index contributed by atoms with van der Waals surface area (Å²) in [4.78, 5) is 48.7. The van der Waals surface area contributed by atoms with Gasteiger partial charge in [0.05, 0.1) is 25.6 Å². The fraction of sp³-hybridized carbons (Fsp3) is 0.688. The van der Waals surface area contributed by atoms with Crippen molar-refractivity contribution in [2.45, 2.75) is 55.2 Å². The van der Waals surface area contributed by atoms with Crippen LogP contribution < -0.4 is 80.2 Å². The number of aromatic amines is 1. The Morgan fingerprint density at radius 2 is 1.72 bits per heavy atom. The number of anilines is 1. The van der Waals surface area contributed by atoms with Crippen LogP contribution in [0.5, 0.6) is 0 Å². The number of H-pyrrole nitrogens is 1. The molecule has 0 amide bonds. The number of phosphoric ester groups is 2.